The Morgan fingerprint density at radius 2 is 1.07 bits per heavy atom. The molecule has 11 aromatic rings. The van der Waals surface area contributed by atoms with Crippen LogP contribution in [-0.2, 0) is 20.4 Å². The van der Waals surface area contributed by atoms with E-state index in [-0.39, 0.29) is 20.4 Å². The van der Waals surface area contributed by atoms with E-state index in [2.05, 4.69) is 127 Å². The summed E-state index contributed by atoms with van der Waals surface area (Å²) in [5.74, 6) is 1.87. The van der Waals surface area contributed by atoms with Crippen molar-refractivity contribution in [2.24, 2.45) is 0 Å². The number of para-hydroxylation sites is 4. The van der Waals surface area contributed by atoms with Gasteiger partial charge in [-0.05, 0) is 81.9 Å². The monoisotopic (exact) mass is 815 g/mol. The van der Waals surface area contributed by atoms with Gasteiger partial charge in [-0.2, -0.15) is 0 Å². The van der Waals surface area contributed by atoms with Crippen LogP contribution in [0.4, 0.5) is 0 Å². The molecule has 0 bridgehead atoms. The van der Waals surface area contributed by atoms with Crippen LogP contribution in [0.1, 0.15) is 50.7 Å². The van der Waals surface area contributed by atoms with Gasteiger partial charge in [0.25, 0.3) is 0 Å². The quantitative estimate of drug-likeness (QED) is 0.0986. The van der Waals surface area contributed by atoms with Gasteiger partial charge in [-0.15, -0.1) is 12.1 Å². The Morgan fingerprint density at radius 1 is 0.536 bits per heavy atom. The van der Waals surface area contributed by atoms with Gasteiger partial charge in [0.1, 0.15) is 0 Å². The molecular formula is C49H35N5OPd. The summed E-state index contributed by atoms with van der Waals surface area (Å²) in [6.45, 7) is 9.14. The zero-order chi connectivity index (χ0) is 36.9. The number of imidazole rings is 2. The van der Waals surface area contributed by atoms with Crippen LogP contribution in [0.5, 0.6) is 11.5 Å². The van der Waals surface area contributed by atoms with Crippen LogP contribution in [0, 0.1) is 12.1 Å². The second-order valence-electron chi connectivity index (χ2n) is 15.0. The van der Waals surface area contributed by atoms with Crippen molar-refractivity contribution in [1.29, 1.82) is 0 Å². The standard InChI is InChI=1S/C49H35N5O.Pd/c1-28(2)32-12-9-13-33(29(3)4)45(32)36-14-10-19-43-46(36)34-23-21-30(26-37(34)48-51-39-15-5-7-17-41(39)53(43)48)55-31-22-24-35-38(27-31)49-52-40-16-6-8-18-42(40)54(49)44-20-11-25-50-47(35)44;/h5-25,28-29H,1-4H3;/q-2;+2. The number of nitrogens with zero attached hydrogens (tertiary/aromatic N) is 5. The molecule has 6 aromatic carbocycles. The van der Waals surface area contributed by atoms with Crippen LogP contribution in [0.25, 0.3) is 88.0 Å². The van der Waals surface area contributed by atoms with Gasteiger partial charge in [0.15, 0.2) is 0 Å². The molecule has 11 rings (SSSR count). The van der Waals surface area contributed by atoms with Crippen molar-refractivity contribution in [3.05, 3.63) is 151 Å². The van der Waals surface area contributed by atoms with Crippen molar-refractivity contribution in [3.8, 4) is 22.6 Å². The Morgan fingerprint density at radius 3 is 1.71 bits per heavy atom. The van der Waals surface area contributed by atoms with Crippen LogP contribution < -0.4 is 4.74 Å². The van der Waals surface area contributed by atoms with E-state index >= 15 is 0 Å². The minimum absolute atomic E-state index is 0. The van der Waals surface area contributed by atoms with Gasteiger partial charge >= 0.3 is 20.4 Å². The number of benzene rings is 6. The van der Waals surface area contributed by atoms with E-state index in [1.54, 1.807) is 0 Å². The third-order valence-electron chi connectivity index (χ3n) is 11.1. The van der Waals surface area contributed by atoms with Crippen molar-refractivity contribution < 1.29 is 25.2 Å². The molecule has 56 heavy (non-hydrogen) atoms. The molecule has 6 nitrogen and oxygen atoms in total. The van der Waals surface area contributed by atoms with Crippen molar-refractivity contribution >= 4 is 76.8 Å². The predicted molar refractivity (Wildman–Crippen MR) is 225 cm³/mol. The third kappa shape index (κ3) is 5.01. The molecule has 0 aliphatic heterocycles. The molecule has 0 aliphatic rings. The second-order valence-corrected chi connectivity index (χ2v) is 15.0. The Labute approximate surface area is 337 Å². The molecule has 0 amide bonds. The minimum atomic E-state index is 0. The maximum atomic E-state index is 6.68. The smallest absolute Gasteiger partial charge is 0.497 e. The van der Waals surface area contributed by atoms with Crippen LogP contribution in [-0.4, -0.2) is 23.8 Å². The van der Waals surface area contributed by atoms with Crippen molar-refractivity contribution in [3.63, 3.8) is 0 Å². The topological polar surface area (TPSA) is 56.7 Å². The van der Waals surface area contributed by atoms with E-state index in [1.807, 2.05) is 48.7 Å². The molecule has 272 valence electrons. The van der Waals surface area contributed by atoms with Gasteiger partial charge in [-0.3, -0.25) is 15.0 Å². The fraction of sp³-hybridized carbons (Fsp3) is 0.122. The number of pyridine rings is 3. The van der Waals surface area contributed by atoms with Crippen LogP contribution in [0.2, 0.25) is 0 Å². The molecule has 0 radical (unpaired) electrons. The summed E-state index contributed by atoms with van der Waals surface area (Å²) in [5, 5.41) is 4.99. The van der Waals surface area contributed by atoms with Crippen molar-refractivity contribution in [1.82, 2.24) is 23.8 Å². The van der Waals surface area contributed by atoms with Gasteiger partial charge in [0.05, 0.1) is 44.4 Å². The molecule has 0 aliphatic carbocycles. The number of hydrogen-bond acceptors (Lipinski definition) is 4. The number of hydrogen-bond donors (Lipinski definition) is 0. The fourth-order valence-electron chi connectivity index (χ4n) is 8.68. The molecule has 0 atom stereocenters. The van der Waals surface area contributed by atoms with Gasteiger partial charge in [-0.1, -0.05) is 128 Å². The largest absolute Gasteiger partial charge is 2.00 e. The molecule has 0 fully saturated rings. The summed E-state index contributed by atoms with van der Waals surface area (Å²) in [6, 6.07) is 49.6. The molecule has 0 spiro atoms. The van der Waals surface area contributed by atoms with Crippen LogP contribution >= 0.6 is 0 Å². The molecule has 5 heterocycles. The Kier molecular flexibility index (Phi) is 7.97. The van der Waals surface area contributed by atoms with E-state index < -0.39 is 0 Å². The van der Waals surface area contributed by atoms with Gasteiger partial charge in [0.2, 0.25) is 0 Å². The number of ether oxygens (including phenoxy) is 1. The molecule has 7 heteroatoms. The van der Waals surface area contributed by atoms with E-state index in [1.165, 1.54) is 27.6 Å². The Bertz CT molecular complexity index is 3350. The SMILES string of the molecule is CC(C)c1cccc(C(C)C)c1-c1cccc2c1c1ccc(Oc3[c-]c4c(cc3)c3ncccc3n3c5ccccc5nc43)[c-]c1c1nc3ccccc3n21.[Pd+2]. The fourth-order valence-corrected chi connectivity index (χ4v) is 8.68. The van der Waals surface area contributed by atoms with E-state index in [4.69, 9.17) is 19.7 Å². The summed E-state index contributed by atoms with van der Waals surface area (Å²) in [6.07, 6.45) is 1.83. The first-order valence-electron chi connectivity index (χ1n) is 18.9. The van der Waals surface area contributed by atoms with Crippen molar-refractivity contribution in [2.45, 2.75) is 39.5 Å². The molecule has 0 saturated heterocycles. The first-order chi connectivity index (χ1) is 26.9. The molecular weight excluding hydrogens is 781 g/mol. The van der Waals surface area contributed by atoms with Gasteiger partial charge < -0.3 is 13.5 Å². The first-order valence-corrected chi connectivity index (χ1v) is 18.9. The van der Waals surface area contributed by atoms with Gasteiger partial charge in [0, 0.05) is 23.2 Å². The average Bonchev–Trinajstić information content (AvgIpc) is 3.81. The Hall–Kier alpha value is -6.13. The second kappa shape index (κ2) is 13.0. The first kappa shape index (κ1) is 34.4. The minimum Gasteiger partial charge on any atom is -0.497 e. The van der Waals surface area contributed by atoms with Gasteiger partial charge in [-0.25, -0.2) is 0 Å². The summed E-state index contributed by atoms with van der Waals surface area (Å²) in [5.41, 5.74) is 13.8. The number of fused-ring (bicyclic) bond motifs is 16. The zero-order valence-electron chi connectivity index (χ0n) is 31.2. The summed E-state index contributed by atoms with van der Waals surface area (Å²) in [7, 11) is 0. The maximum absolute atomic E-state index is 6.68. The zero-order valence-corrected chi connectivity index (χ0v) is 32.8. The summed E-state index contributed by atoms with van der Waals surface area (Å²) < 4.78 is 11.1. The number of rotatable bonds is 5. The third-order valence-corrected chi connectivity index (χ3v) is 11.1. The van der Waals surface area contributed by atoms with Crippen LogP contribution in [0.15, 0.2) is 128 Å². The van der Waals surface area contributed by atoms with Crippen LogP contribution in [0.3, 0.4) is 0 Å². The van der Waals surface area contributed by atoms with E-state index in [0.29, 0.717) is 23.3 Å². The van der Waals surface area contributed by atoms with E-state index in [9.17, 15) is 0 Å². The predicted octanol–water partition coefficient (Wildman–Crippen LogP) is 12.6. The number of aromatic nitrogens is 5. The normalized spacial score (nSPS) is 12.1. The van der Waals surface area contributed by atoms with E-state index in [0.717, 1.165) is 71.5 Å². The Balaban J connectivity index is 0.00000384. The molecule has 0 N–H and O–H groups in total. The molecule has 5 aromatic heterocycles. The molecule has 0 unspecified atom stereocenters. The summed E-state index contributed by atoms with van der Waals surface area (Å²) >= 11 is 0. The average molecular weight is 816 g/mol. The van der Waals surface area contributed by atoms with Crippen molar-refractivity contribution in [2.75, 3.05) is 0 Å². The summed E-state index contributed by atoms with van der Waals surface area (Å²) in [4.78, 5) is 15.1. The molecule has 0 saturated carbocycles. The maximum Gasteiger partial charge on any atom is 2.00 e.